The van der Waals surface area contributed by atoms with Crippen molar-refractivity contribution in [2.75, 3.05) is 18.0 Å². The molecule has 6 nitrogen and oxygen atoms in total. The maximum Gasteiger partial charge on any atom is 0.323 e. The summed E-state index contributed by atoms with van der Waals surface area (Å²) in [5.41, 5.74) is 3.32. The van der Waals surface area contributed by atoms with Gasteiger partial charge in [-0.2, -0.15) is 0 Å². The van der Waals surface area contributed by atoms with Crippen molar-refractivity contribution in [3.63, 3.8) is 0 Å². The molecule has 1 N–H and O–H groups in total. The van der Waals surface area contributed by atoms with Crippen LogP contribution in [-0.4, -0.2) is 39.3 Å². The summed E-state index contributed by atoms with van der Waals surface area (Å²) < 4.78 is 6.19. The van der Waals surface area contributed by atoms with Crippen LogP contribution in [0.3, 0.4) is 0 Å². The van der Waals surface area contributed by atoms with Crippen molar-refractivity contribution >= 4 is 45.9 Å². The number of carboxylic acids is 1. The molecule has 136 valence electrons. The van der Waals surface area contributed by atoms with E-state index in [1.165, 1.54) is 5.56 Å². The number of hydrogen-bond donors (Lipinski definition) is 1. The minimum Gasteiger partial charge on any atom is -0.480 e. The number of hydrogen-bond acceptors (Lipinski definition) is 6. The van der Waals surface area contributed by atoms with Crippen LogP contribution in [0, 0.1) is 13.8 Å². The second-order valence-electron chi connectivity index (χ2n) is 5.94. The minimum absolute atomic E-state index is 0.247. The molecule has 2 aliphatic heterocycles. The molecule has 0 aliphatic carbocycles. The van der Waals surface area contributed by atoms with E-state index >= 15 is 0 Å². The van der Waals surface area contributed by atoms with Gasteiger partial charge in [0.15, 0.2) is 5.75 Å². The number of thioether (sulfide) groups is 1. The van der Waals surface area contributed by atoms with Crippen molar-refractivity contribution in [3.05, 3.63) is 46.2 Å². The Balaban J connectivity index is 1.87. The van der Waals surface area contributed by atoms with Gasteiger partial charge in [0.05, 0.1) is 10.6 Å². The van der Waals surface area contributed by atoms with Crippen molar-refractivity contribution in [2.45, 2.75) is 20.8 Å². The third-order valence-electron chi connectivity index (χ3n) is 4.21. The molecule has 2 aliphatic rings. The number of benzene rings is 1. The monoisotopic (exact) mass is 390 g/mol. The van der Waals surface area contributed by atoms with E-state index < -0.39 is 18.4 Å². The number of carbonyl (C=O) groups excluding carboxylic acids is 1. The number of ether oxygens (including phenoxy) is 1. The number of rotatable bonds is 4. The predicted octanol–water partition coefficient (Wildman–Crippen LogP) is 3.19. The molecule has 1 aromatic carbocycles. The van der Waals surface area contributed by atoms with Crippen LogP contribution in [-0.2, 0) is 9.59 Å². The lowest BCUT2D eigenvalue weighted by molar-refractivity contribution is -0.140. The third-order valence-corrected chi connectivity index (χ3v) is 5.60. The van der Waals surface area contributed by atoms with Gasteiger partial charge in [-0.3, -0.25) is 14.5 Å². The van der Waals surface area contributed by atoms with Crippen LogP contribution >= 0.6 is 24.0 Å². The average molecular weight is 390 g/mol. The normalized spacial score (nSPS) is 19.5. The Kier molecular flexibility index (Phi) is 5.06. The third kappa shape index (κ3) is 3.34. The molecule has 0 atom stereocenters. The van der Waals surface area contributed by atoms with E-state index in [9.17, 15) is 9.59 Å². The van der Waals surface area contributed by atoms with Crippen LogP contribution < -0.4 is 9.64 Å². The lowest BCUT2D eigenvalue weighted by Crippen LogP contribution is -2.33. The first-order valence-electron chi connectivity index (χ1n) is 8.06. The van der Waals surface area contributed by atoms with Gasteiger partial charge in [-0.05, 0) is 50.1 Å². The summed E-state index contributed by atoms with van der Waals surface area (Å²) in [6.45, 7) is 6.40. The van der Waals surface area contributed by atoms with Gasteiger partial charge in [-0.25, -0.2) is 0 Å². The molecule has 0 aromatic heterocycles. The van der Waals surface area contributed by atoms with E-state index in [-0.39, 0.29) is 4.32 Å². The summed E-state index contributed by atoms with van der Waals surface area (Å²) >= 11 is 6.19. The Morgan fingerprint density at radius 1 is 1.27 bits per heavy atom. The number of carbonyl (C=O) groups is 2. The first kappa shape index (κ1) is 18.5. The highest BCUT2D eigenvalue weighted by atomic mass is 32.2. The Hall–Kier alpha value is -2.32. The molecule has 3 rings (SSSR count). The first-order valence-corrected chi connectivity index (χ1v) is 9.28. The van der Waals surface area contributed by atoms with Gasteiger partial charge in [0.1, 0.15) is 10.9 Å². The number of aliphatic carboxylic acids is 1. The van der Waals surface area contributed by atoms with Gasteiger partial charge in [-0.1, -0.05) is 24.0 Å². The molecule has 2 heterocycles. The van der Waals surface area contributed by atoms with Crippen LogP contribution in [0.2, 0.25) is 0 Å². The van der Waals surface area contributed by atoms with Crippen LogP contribution in [0.15, 0.2) is 35.1 Å². The van der Waals surface area contributed by atoms with Crippen LogP contribution in [0.1, 0.15) is 18.1 Å². The van der Waals surface area contributed by atoms with Crippen molar-refractivity contribution in [2.24, 2.45) is 0 Å². The Morgan fingerprint density at radius 2 is 1.96 bits per heavy atom. The highest BCUT2D eigenvalue weighted by Crippen LogP contribution is 2.41. The van der Waals surface area contributed by atoms with E-state index in [1.54, 1.807) is 12.2 Å². The fourth-order valence-corrected chi connectivity index (χ4v) is 3.93. The Morgan fingerprint density at radius 3 is 2.62 bits per heavy atom. The molecule has 0 radical (unpaired) electrons. The number of aryl methyl sites for hydroxylation is 2. The zero-order valence-electron chi connectivity index (χ0n) is 14.6. The maximum atomic E-state index is 12.3. The van der Waals surface area contributed by atoms with Crippen molar-refractivity contribution < 1.29 is 19.4 Å². The number of thiocarbonyl (C=S) groups is 1. The van der Waals surface area contributed by atoms with Gasteiger partial charge in [0, 0.05) is 12.6 Å². The minimum atomic E-state index is -1.10. The zero-order valence-corrected chi connectivity index (χ0v) is 16.2. The zero-order chi connectivity index (χ0) is 19.0. The SMILES string of the molecule is CCN1/C(=C\C=C2\SC(=S)N(CC(=O)O)C2=O)Oc2cc(C)c(C)cc21. The molecular weight excluding hydrogens is 372 g/mol. The standard InChI is InChI=1S/C18H18N2O4S2/c1-4-19-12-7-10(2)11(3)8-13(12)24-15(19)6-5-14-17(23)20(9-16(21)22)18(25)26-14/h5-8H,4,9H2,1-3H3,(H,21,22)/b14-5+,15-6+. The molecule has 8 heteroatoms. The lowest BCUT2D eigenvalue weighted by Gasteiger charge is -2.15. The largest absolute Gasteiger partial charge is 0.480 e. The predicted molar refractivity (Wildman–Crippen MR) is 105 cm³/mol. The number of carboxylic acid groups (broad SMARTS) is 1. The van der Waals surface area contributed by atoms with Crippen LogP contribution in [0.25, 0.3) is 0 Å². The number of anilines is 1. The Labute approximate surface area is 161 Å². The number of amides is 1. The smallest absolute Gasteiger partial charge is 0.323 e. The summed E-state index contributed by atoms with van der Waals surface area (Å²) in [6.07, 6.45) is 3.35. The highest BCUT2D eigenvalue weighted by Gasteiger charge is 2.33. The van der Waals surface area contributed by atoms with E-state index in [2.05, 4.69) is 13.0 Å². The van der Waals surface area contributed by atoms with Crippen LogP contribution in [0.5, 0.6) is 5.75 Å². The summed E-state index contributed by atoms with van der Waals surface area (Å²) in [7, 11) is 0. The fourth-order valence-electron chi connectivity index (χ4n) is 2.74. The van der Waals surface area contributed by atoms with Crippen molar-refractivity contribution in [1.29, 1.82) is 0 Å². The summed E-state index contributed by atoms with van der Waals surface area (Å²) in [6, 6.07) is 4.09. The summed E-state index contributed by atoms with van der Waals surface area (Å²) in [4.78, 5) is 26.7. The molecular formula is C18H18N2O4S2. The van der Waals surface area contributed by atoms with Gasteiger partial charge < -0.3 is 14.7 Å². The topological polar surface area (TPSA) is 70.1 Å². The highest BCUT2D eigenvalue weighted by molar-refractivity contribution is 8.26. The number of nitrogens with zero attached hydrogens (tertiary/aromatic N) is 2. The summed E-state index contributed by atoms with van der Waals surface area (Å²) in [5, 5.41) is 8.89. The summed E-state index contributed by atoms with van der Waals surface area (Å²) in [5.74, 6) is -0.0908. The van der Waals surface area contributed by atoms with Gasteiger partial charge >= 0.3 is 5.97 Å². The lowest BCUT2D eigenvalue weighted by atomic mass is 10.1. The van der Waals surface area contributed by atoms with E-state index in [4.69, 9.17) is 22.1 Å². The fraction of sp³-hybridized carbons (Fsp3) is 0.278. The quantitative estimate of drug-likeness (QED) is 0.625. The van der Waals surface area contributed by atoms with Crippen LogP contribution in [0.4, 0.5) is 5.69 Å². The second kappa shape index (κ2) is 7.13. The molecule has 26 heavy (non-hydrogen) atoms. The molecule has 1 amide bonds. The van der Waals surface area contributed by atoms with Gasteiger partial charge in [0.25, 0.3) is 5.91 Å². The maximum absolute atomic E-state index is 12.3. The molecule has 1 saturated heterocycles. The number of allylic oxidation sites excluding steroid dienone is 2. The van der Waals surface area contributed by atoms with E-state index in [0.29, 0.717) is 10.8 Å². The first-order chi connectivity index (χ1) is 12.3. The molecule has 0 saturated carbocycles. The average Bonchev–Trinajstić information content (AvgIpc) is 3.04. The van der Waals surface area contributed by atoms with Gasteiger partial charge in [0.2, 0.25) is 5.88 Å². The molecule has 1 aromatic rings. The molecule has 0 spiro atoms. The van der Waals surface area contributed by atoms with E-state index in [1.807, 2.05) is 24.8 Å². The molecule has 1 fully saturated rings. The van der Waals surface area contributed by atoms with Crippen molar-refractivity contribution in [1.82, 2.24) is 4.90 Å². The Bertz CT molecular complexity index is 876. The van der Waals surface area contributed by atoms with Crippen molar-refractivity contribution in [3.8, 4) is 5.75 Å². The van der Waals surface area contributed by atoms with E-state index in [0.717, 1.165) is 40.2 Å². The van der Waals surface area contributed by atoms with Gasteiger partial charge in [-0.15, -0.1) is 0 Å². The molecule has 0 unspecified atom stereocenters. The molecule has 0 bridgehead atoms. The second-order valence-corrected chi connectivity index (χ2v) is 7.62. The number of fused-ring (bicyclic) bond motifs is 1.